The van der Waals surface area contributed by atoms with Gasteiger partial charge in [-0.2, -0.15) is 0 Å². The second kappa shape index (κ2) is 8.35. The first-order valence-electron chi connectivity index (χ1n) is 8.74. The van der Waals surface area contributed by atoms with Crippen LogP contribution >= 0.6 is 0 Å². The molecule has 0 aromatic rings. The second-order valence-corrected chi connectivity index (χ2v) is 6.86. The third-order valence-corrected chi connectivity index (χ3v) is 5.28. The lowest BCUT2D eigenvalue weighted by atomic mass is 9.81. The van der Waals surface area contributed by atoms with Crippen LogP contribution < -0.4 is 5.32 Å². The Labute approximate surface area is 125 Å². The van der Waals surface area contributed by atoms with Crippen LogP contribution in [0.2, 0.25) is 0 Å². The van der Waals surface area contributed by atoms with E-state index in [1.54, 1.807) is 0 Å². The Bertz CT molecular complexity index is 266. The SMILES string of the molecule is CCCC1CN(C(C)COC)C(C2CCCCC2)CN1. The average molecular weight is 282 g/mol. The van der Waals surface area contributed by atoms with E-state index < -0.39 is 0 Å². The highest BCUT2D eigenvalue weighted by molar-refractivity contribution is 4.92. The van der Waals surface area contributed by atoms with Gasteiger partial charge in [0, 0.05) is 38.3 Å². The summed E-state index contributed by atoms with van der Waals surface area (Å²) in [4.78, 5) is 2.76. The van der Waals surface area contributed by atoms with E-state index in [-0.39, 0.29) is 0 Å². The molecule has 1 aliphatic heterocycles. The number of ether oxygens (including phenoxy) is 1. The van der Waals surface area contributed by atoms with E-state index in [2.05, 4.69) is 24.1 Å². The molecule has 2 fully saturated rings. The molecule has 3 heteroatoms. The number of hydrogen-bond donors (Lipinski definition) is 1. The minimum Gasteiger partial charge on any atom is -0.383 e. The highest BCUT2D eigenvalue weighted by atomic mass is 16.5. The fraction of sp³-hybridized carbons (Fsp3) is 1.00. The highest BCUT2D eigenvalue weighted by Crippen LogP contribution is 2.31. The Hall–Kier alpha value is -0.120. The Balaban J connectivity index is 1.99. The molecule has 0 radical (unpaired) electrons. The normalized spacial score (nSPS) is 31.4. The van der Waals surface area contributed by atoms with Gasteiger partial charge in [0.25, 0.3) is 0 Å². The predicted octanol–water partition coefficient (Wildman–Crippen LogP) is 3.04. The van der Waals surface area contributed by atoms with E-state index in [0.29, 0.717) is 12.1 Å². The zero-order valence-electron chi connectivity index (χ0n) is 13.7. The molecule has 2 aliphatic rings. The van der Waals surface area contributed by atoms with Gasteiger partial charge in [-0.3, -0.25) is 4.90 Å². The third-order valence-electron chi connectivity index (χ3n) is 5.28. The number of nitrogens with zero attached hydrogens (tertiary/aromatic N) is 1. The molecule has 3 nitrogen and oxygen atoms in total. The molecule has 0 amide bonds. The van der Waals surface area contributed by atoms with Crippen molar-refractivity contribution in [2.45, 2.75) is 76.9 Å². The van der Waals surface area contributed by atoms with Crippen LogP contribution in [0.4, 0.5) is 0 Å². The first-order valence-corrected chi connectivity index (χ1v) is 8.74. The van der Waals surface area contributed by atoms with Gasteiger partial charge in [-0.1, -0.05) is 32.6 Å². The second-order valence-electron chi connectivity index (χ2n) is 6.86. The zero-order chi connectivity index (χ0) is 14.4. The lowest BCUT2D eigenvalue weighted by Gasteiger charge is -2.47. The molecule has 1 heterocycles. The monoisotopic (exact) mass is 282 g/mol. The molecule has 0 spiro atoms. The number of rotatable bonds is 6. The molecule has 0 aromatic carbocycles. The molecule has 1 saturated heterocycles. The summed E-state index contributed by atoms with van der Waals surface area (Å²) in [7, 11) is 1.83. The molecular formula is C17H34N2O. The number of hydrogen-bond acceptors (Lipinski definition) is 3. The average Bonchev–Trinajstić information content (AvgIpc) is 2.49. The molecular weight excluding hydrogens is 248 g/mol. The molecule has 3 unspecified atom stereocenters. The quantitative estimate of drug-likeness (QED) is 0.810. The van der Waals surface area contributed by atoms with Crippen molar-refractivity contribution in [1.82, 2.24) is 10.2 Å². The summed E-state index contributed by atoms with van der Waals surface area (Å²) in [6.07, 6.45) is 9.76. The van der Waals surface area contributed by atoms with Gasteiger partial charge in [-0.05, 0) is 32.1 Å². The van der Waals surface area contributed by atoms with E-state index >= 15 is 0 Å². The summed E-state index contributed by atoms with van der Waals surface area (Å²) < 4.78 is 5.43. The lowest BCUT2D eigenvalue weighted by Crippen LogP contribution is -2.62. The standard InChI is InChI=1S/C17H34N2O/c1-4-8-16-12-19(14(2)13-20-3)17(11-18-16)15-9-6-5-7-10-15/h14-18H,4-13H2,1-3H3. The van der Waals surface area contributed by atoms with Crippen LogP contribution in [-0.2, 0) is 4.74 Å². The Morgan fingerprint density at radius 2 is 2.00 bits per heavy atom. The molecule has 3 atom stereocenters. The largest absolute Gasteiger partial charge is 0.383 e. The Kier molecular flexibility index (Phi) is 6.79. The maximum absolute atomic E-state index is 5.43. The smallest absolute Gasteiger partial charge is 0.0615 e. The van der Waals surface area contributed by atoms with E-state index in [1.807, 2.05) is 7.11 Å². The van der Waals surface area contributed by atoms with Crippen molar-refractivity contribution in [2.24, 2.45) is 5.92 Å². The summed E-state index contributed by atoms with van der Waals surface area (Å²) >= 11 is 0. The van der Waals surface area contributed by atoms with Gasteiger partial charge in [0.05, 0.1) is 6.61 Å². The van der Waals surface area contributed by atoms with Gasteiger partial charge < -0.3 is 10.1 Å². The number of methoxy groups -OCH3 is 1. The van der Waals surface area contributed by atoms with Crippen molar-refractivity contribution in [2.75, 3.05) is 26.8 Å². The van der Waals surface area contributed by atoms with Crippen LogP contribution in [0, 0.1) is 5.92 Å². The summed E-state index contributed by atoms with van der Waals surface area (Å²) in [5, 5.41) is 3.81. The molecule has 118 valence electrons. The minimum atomic E-state index is 0.549. The summed E-state index contributed by atoms with van der Waals surface area (Å²) in [5.41, 5.74) is 0. The molecule has 1 saturated carbocycles. The predicted molar refractivity (Wildman–Crippen MR) is 85.1 cm³/mol. The fourth-order valence-electron chi connectivity index (χ4n) is 4.20. The van der Waals surface area contributed by atoms with Crippen LogP contribution in [-0.4, -0.2) is 49.8 Å². The number of nitrogens with one attached hydrogen (secondary N) is 1. The van der Waals surface area contributed by atoms with Crippen LogP contribution in [0.15, 0.2) is 0 Å². The van der Waals surface area contributed by atoms with Crippen molar-refractivity contribution in [3.05, 3.63) is 0 Å². The molecule has 0 aromatic heterocycles. The van der Waals surface area contributed by atoms with Gasteiger partial charge in [0.2, 0.25) is 0 Å². The van der Waals surface area contributed by atoms with Gasteiger partial charge in [-0.25, -0.2) is 0 Å². The number of piperazine rings is 1. The summed E-state index contributed by atoms with van der Waals surface area (Å²) in [6.45, 7) is 7.89. The molecule has 0 bridgehead atoms. The van der Waals surface area contributed by atoms with Gasteiger partial charge in [-0.15, -0.1) is 0 Å². The van der Waals surface area contributed by atoms with Crippen molar-refractivity contribution in [3.8, 4) is 0 Å². The fourth-order valence-corrected chi connectivity index (χ4v) is 4.20. The van der Waals surface area contributed by atoms with E-state index in [0.717, 1.165) is 18.6 Å². The van der Waals surface area contributed by atoms with Crippen LogP contribution in [0.5, 0.6) is 0 Å². The first kappa shape index (κ1) is 16.3. The first-order chi connectivity index (χ1) is 9.76. The van der Waals surface area contributed by atoms with Crippen LogP contribution in [0.25, 0.3) is 0 Å². The molecule has 2 rings (SSSR count). The van der Waals surface area contributed by atoms with E-state index in [1.165, 1.54) is 58.0 Å². The van der Waals surface area contributed by atoms with Crippen LogP contribution in [0.3, 0.4) is 0 Å². The van der Waals surface area contributed by atoms with E-state index in [9.17, 15) is 0 Å². The zero-order valence-corrected chi connectivity index (χ0v) is 13.7. The molecule has 20 heavy (non-hydrogen) atoms. The molecule has 1 N–H and O–H groups in total. The highest BCUT2D eigenvalue weighted by Gasteiger charge is 2.35. The molecule has 1 aliphatic carbocycles. The van der Waals surface area contributed by atoms with Gasteiger partial charge >= 0.3 is 0 Å². The summed E-state index contributed by atoms with van der Waals surface area (Å²) in [6, 6.07) is 1.96. The van der Waals surface area contributed by atoms with Crippen molar-refractivity contribution < 1.29 is 4.74 Å². The lowest BCUT2D eigenvalue weighted by molar-refractivity contribution is 0.00925. The third kappa shape index (κ3) is 4.19. The Morgan fingerprint density at radius 1 is 1.25 bits per heavy atom. The van der Waals surface area contributed by atoms with Gasteiger partial charge in [0.1, 0.15) is 0 Å². The minimum absolute atomic E-state index is 0.549. The van der Waals surface area contributed by atoms with Crippen molar-refractivity contribution >= 4 is 0 Å². The maximum Gasteiger partial charge on any atom is 0.0615 e. The van der Waals surface area contributed by atoms with Crippen molar-refractivity contribution in [3.63, 3.8) is 0 Å². The maximum atomic E-state index is 5.43. The van der Waals surface area contributed by atoms with Gasteiger partial charge in [0.15, 0.2) is 0 Å². The van der Waals surface area contributed by atoms with Crippen LogP contribution in [0.1, 0.15) is 58.8 Å². The Morgan fingerprint density at radius 3 is 2.65 bits per heavy atom. The summed E-state index contributed by atoms with van der Waals surface area (Å²) in [5.74, 6) is 0.901. The van der Waals surface area contributed by atoms with E-state index in [4.69, 9.17) is 4.74 Å². The topological polar surface area (TPSA) is 24.5 Å². The van der Waals surface area contributed by atoms with Crippen molar-refractivity contribution in [1.29, 1.82) is 0 Å².